The van der Waals surface area contributed by atoms with Gasteiger partial charge in [0.05, 0.1) is 5.60 Å². The Morgan fingerprint density at radius 1 is 1.43 bits per heavy atom. The van der Waals surface area contributed by atoms with E-state index in [0.29, 0.717) is 32.5 Å². The lowest BCUT2D eigenvalue weighted by molar-refractivity contribution is 0.00303. The van der Waals surface area contributed by atoms with E-state index in [1.807, 2.05) is 19.0 Å². The molecule has 1 saturated heterocycles. The van der Waals surface area contributed by atoms with Gasteiger partial charge in [-0.15, -0.1) is 0 Å². The second-order valence-electron chi connectivity index (χ2n) is 5.91. The van der Waals surface area contributed by atoms with E-state index in [0.717, 1.165) is 6.42 Å². The molecule has 2 N–H and O–H groups in total. The monoisotopic (exact) mass is 294 g/mol. The Labute approximate surface area is 123 Å². The Bertz CT molecular complexity index is 537. The summed E-state index contributed by atoms with van der Waals surface area (Å²) < 4.78 is 0. The predicted octanol–water partition coefficient (Wildman–Crippen LogP) is -0.311. The van der Waals surface area contributed by atoms with E-state index >= 15 is 0 Å². The van der Waals surface area contributed by atoms with Crippen LogP contribution in [0.15, 0.2) is 16.9 Å². The number of nitrogens with zero attached hydrogens (tertiary/aromatic N) is 3. The molecule has 2 rings (SSSR count). The van der Waals surface area contributed by atoms with Crippen molar-refractivity contribution >= 4 is 5.91 Å². The van der Waals surface area contributed by atoms with Crippen molar-refractivity contribution in [1.82, 2.24) is 20.0 Å². The fourth-order valence-electron chi connectivity index (χ4n) is 2.75. The fourth-order valence-corrected chi connectivity index (χ4v) is 2.75. The molecule has 0 spiro atoms. The Kier molecular flexibility index (Phi) is 4.74. The molecule has 1 unspecified atom stereocenters. The van der Waals surface area contributed by atoms with Crippen molar-refractivity contribution in [3.05, 3.63) is 28.2 Å². The molecular formula is C14H22N4O3. The lowest BCUT2D eigenvalue weighted by Crippen LogP contribution is -2.41. The number of carbonyl (C=O) groups excluding carboxylic acids is 1. The zero-order valence-electron chi connectivity index (χ0n) is 12.5. The second-order valence-corrected chi connectivity index (χ2v) is 5.91. The van der Waals surface area contributed by atoms with Crippen molar-refractivity contribution in [3.63, 3.8) is 0 Å². The number of amides is 1. The summed E-state index contributed by atoms with van der Waals surface area (Å²) in [5.41, 5.74) is -0.854. The van der Waals surface area contributed by atoms with Crippen LogP contribution in [0, 0.1) is 0 Å². The number of aromatic amines is 1. The standard InChI is InChI=1S/C14H22N4O3/c1-17(2)10-14(21)6-3-8-18(9-7-14)13(20)11-4-5-12(19)16-15-11/h4-5,21H,3,6-10H2,1-2H3,(H,16,19). The summed E-state index contributed by atoms with van der Waals surface area (Å²) in [5.74, 6) is -0.208. The predicted molar refractivity (Wildman–Crippen MR) is 78.1 cm³/mol. The summed E-state index contributed by atoms with van der Waals surface area (Å²) in [6.07, 6.45) is 1.97. The highest BCUT2D eigenvalue weighted by atomic mass is 16.3. The molecule has 7 heteroatoms. The molecule has 1 aromatic heterocycles. The minimum atomic E-state index is -0.753. The first-order chi connectivity index (χ1) is 9.89. The van der Waals surface area contributed by atoms with Gasteiger partial charge in [-0.25, -0.2) is 5.10 Å². The van der Waals surface area contributed by atoms with E-state index in [1.165, 1.54) is 12.1 Å². The summed E-state index contributed by atoms with van der Waals surface area (Å²) in [5, 5.41) is 16.6. The van der Waals surface area contributed by atoms with Gasteiger partial charge >= 0.3 is 0 Å². The van der Waals surface area contributed by atoms with E-state index in [-0.39, 0.29) is 17.2 Å². The van der Waals surface area contributed by atoms with Crippen LogP contribution in [0.25, 0.3) is 0 Å². The third-order valence-corrected chi connectivity index (χ3v) is 3.71. The largest absolute Gasteiger partial charge is 0.388 e. The van der Waals surface area contributed by atoms with Crippen molar-refractivity contribution in [1.29, 1.82) is 0 Å². The molecule has 1 amide bonds. The molecule has 0 aliphatic carbocycles. The van der Waals surface area contributed by atoms with Crippen LogP contribution in [0.2, 0.25) is 0 Å². The quantitative estimate of drug-likeness (QED) is 0.798. The van der Waals surface area contributed by atoms with Gasteiger partial charge in [0, 0.05) is 25.7 Å². The van der Waals surface area contributed by atoms with E-state index in [2.05, 4.69) is 10.2 Å². The Balaban J connectivity index is 2.04. The molecule has 0 aromatic carbocycles. The van der Waals surface area contributed by atoms with Gasteiger partial charge in [0.1, 0.15) is 5.69 Å². The third kappa shape index (κ3) is 4.12. The van der Waals surface area contributed by atoms with Gasteiger partial charge in [0.25, 0.3) is 11.5 Å². The van der Waals surface area contributed by atoms with Crippen molar-refractivity contribution in [2.75, 3.05) is 33.7 Å². The molecule has 1 fully saturated rings. The maximum absolute atomic E-state index is 12.3. The van der Waals surface area contributed by atoms with E-state index < -0.39 is 5.60 Å². The molecule has 0 bridgehead atoms. The number of H-pyrrole nitrogens is 1. The molecule has 7 nitrogen and oxygen atoms in total. The van der Waals surface area contributed by atoms with Crippen molar-refractivity contribution < 1.29 is 9.90 Å². The Morgan fingerprint density at radius 3 is 2.81 bits per heavy atom. The fraction of sp³-hybridized carbons (Fsp3) is 0.643. The van der Waals surface area contributed by atoms with Gasteiger partial charge in [-0.1, -0.05) is 0 Å². The summed E-state index contributed by atoms with van der Waals surface area (Å²) >= 11 is 0. The molecule has 2 heterocycles. The summed E-state index contributed by atoms with van der Waals surface area (Å²) in [6.45, 7) is 1.67. The van der Waals surface area contributed by atoms with Gasteiger partial charge < -0.3 is 14.9 Å². The van der Waals surface area contributed by atoms with Crippen molar-refractivity contribution in [3.8, 4) is 0 Å². The van der Waals surface area contributed by atoms with Crippen LogP contribution in [-0.4, -0.2) is 70.3 Å². The van der Waals surface area contributed by atoms with E-state index in [1.54, 1.807) is 4.90 Å². The molecule has 116 valence electrons. The number of rotatable bonds is 3. The van der Waals surface area contributed by atoms with Gasteiger partial charge in [-0.3, -0.25) is 9.59 Å². The first kappa shape index (κ1) is 15.7. The number of aromatic nitrogens is 2. The normalized spacial score (nSPS) is 23.1. The summed E-state index contributed by atoms with van der Waals surface area (Å²) in [6, 6.07) is 2.72. The molecule has 1 atom stereocenters. The van der Waals surface area contributed by atoms with Gasteiger partial charge in [0.2, 0.25) is 0 Å². The molecule has 0 radical (unpaired) electrons. The summed E-state index contributed by atoms with van der Waals surface area (Å²) in [7, 11) is 3.85. The first-order valence-electron chi connectivity index (χ1n) is 7.12. The molecule has 0 saturated carbocycles. The Morgan fingerprint density at radius 2 is 2.19 bits per heavy atom. The number of carbonyl (C=O) groups is 1. The van der Waals surface area contributed by atoms with Gasteiger partial charge in [0.15, 0.2) is 0 Å². The zero-order chi connectivity index (χ0) is 15.5. The van der Waals surface area contributed by atoms with Crippen LogP contribution in [0.3, 0.4) is 0 Å². The van der Waals surface area contributed by atoms with Crippen LogP contribution in [0.1, 0.15) is 29.8 Å². The number of hydrogen-bond donors (Lipinski definition) is 2. The van der Waals surface area contributed by atoms with Crippen LogP contribution < -0.4 is 5.56 Å². The van der Waals surface area contributed by atoms with Gasteiger partial charge in [-0.05, 0) is 39.4 Å². The lowest BCUT2D eigenvalue weighted by atomic mass is 9.94. The van der Waals surface area contributed by atoms with Crippen LogP contribution in [-0.2, 0) is 0 Å². The lowest BCUT2D eigenvalue weighted by Gasteiger charge is -2.29. The number of aliphatic hydroxyl groups is 1. The highest BCUT2D eigenvalue weighted by Gasteiger charge is 2.32. The van der Waals surface area contributed by atoms with Crippen molar-refractivity contribution in [2.45, 2.75) is 24.9 Å². The van der Waals surface area contributed by atoms with E-state index in [4.69, 9.17) is 0 Å². The maximum Gasteiger partial charge on any atom is 0.274 e. The average molecular weight is 294 g/mol. The van der Waals surface area contributed by atoms with Crippen LogP contribution in [0.5, 0.6) is 0 Å². The van der Waals surface area contributed by atoms with Crippen LogP contribution >= 0.6 is 0 Å². The summed E-state index contributed by atoms with van der Waals surface area (Å²) in [4.78, 5) is 27.0. The van der Waals surface area contributed by atoms with Crippen molar-refractivity contribution in [2.24, 2.45) is 0 Å². The molecule has 1 aliphatic heterocycles. The molecule has 1 aliphatic rings. The first-order valence-corrected chi connectivity index (χ1v) is 7.12. The highest BCUT2D eigenvalue weighted by Crippen LogP contribution is 2.23. The van der Waals surface area contributed by atoms with Crippen LogP contribution in [0.4, 0.5) is 0 Å². The number of likely N-dealkylation sites (tertiary alicyclic amines) is 1. The molecular weight excluding hydrogens is 272 g/mol. The second kappa shape index (κ2) is 6.36. The Hall–Kier alpha value is -1.73. The SMILES string of the molecule is CN(C)CC1(O)CCCN(C(=O)c2ccc(=O)[nH]n2)CC1. The highest BCUT2D eigenvalue weighted by molar-refractivity contribution is 5.92. The van der Waals surface area contributed by atoms with E-state index in [9.17, 15) is 14.7 Å². The molecule has 21 heavy (non-hydrogen) atoms. The smallest absolute Gasteiger partial charge is 0.274 e. The zero-order valence-corrected chi connectivity index (χ0v) is 12.5. The average Bonchev–Trinajstić information content (AvgIpc) is 2.60. The number of likely N-dealkylation sites (N-methyl/N-ethyl adjacent to an activating group) is 1. The minimum absolute atomic E-state index is 0.208. The number of nitrogens with one attached hydrogen (secondary N) is 1. The number of hydrogen-bond acceptors (Lipinski definition) is 5. The van der Waals surface area contributed by atoms with Gasteiger partial charge in [-0.2, -0.15) is 5.10 Å². The topological polar surface area (TPSA) is 89.5 Å². The minimum Gasteiger partial charge on any atom is -0.388 e. The third-order valence-electron chi connectivity index (χ3n) is 3.71. The molecule has 1 aromatic rings. The maximum atomic E-state index is 12.3.